The maximum atomic E-state index is 2.81. The highest BCUT2D eigenvalue weighted by Crippen LogP contribution is 2.62. The van der Waals surface area contributed by atoms with E-state index in [1.165, 1.54) is 148 Å². The Labute approximate surface area is 477 Å². The van der Waals surface area contributed by atoms with Gasteiger partial charge in [-0.2, -0.15) is 0 Å². The molecule has 3 heterocycles. The first-order valence-electron chi connectivity index (χ1n) is 29.7. The average Bonchev–Trinajstić information content (AvgIpc) is 4.04. The van der Waals surface area contributed by atoms with Gasteiger partial charge in [0.1, 0.15) is 0 Å². The Balaban J connectivity index is 1.08. The van der Waals surface area contributed by atoms with Gasteiger partial charge in [-0.25, -0.2) is 0 Å². The van der Waals surface area contributed by atoms with Gasteiger partial charge in [-0.15, -0.1) is 0 Å². The van der Waals surface area contributed by atoms with E-state index >= 15 is 0 Å². The Morgan fingerprint density at radius 1 is 0.425 bits per heavy atom. The fraction of sp³-hybridized carbons (Fsp3) is 0.289. The van der Waals surface area contributed by atoms with Gasteiger partial charge in [0, 0.05) is 50.7 Å². The Morgan fingerprint density at radius 2 is 0.925 bits per heavy atom. The van der Waals surface area contributed by atoms with E-state index in [4.69, 9.17) is 0 Å². The fourth-order valence-corrected chi connectivity index (χ4v) is 15.4. The lowest BCUT2D eigenvalue weighted by Crippen LogP contribution is -2.62. The van der Waals surface area contributed by atoms with E-state index in [2.05, 4.69) is 279 Å². The molecule has 0 N–H and O–H groups in total. The minimum absolute atomic E-state index is 0.0328. The largest absolute Gasteiger partial charge is 0.334 e. The zero-order valence-corrected chi connectivity index (χ0v) is 49.1. The molecule has 14 rings (SSSR count). The van der Waals surface area contributed by atoms with Crippen LogP contribution in [0.25, 0.3) is 33.4 Å². The molecule has 80 heavy (non-hydrogen) atoms. The maximum absolute atomic E-state index is 2.81. The van der Waals surface area contributed by atoms with Crippen LogP contribution in [0.3, 0.4) is 0 Å². The van der Waals surface area contributed by atoms with Crippen LogP contribution >= 0.6 is 0 Å². The molecule has 9 aromatic rings. The summed E-state index contributed by atoms with van der Waals surface area (Å²) >= 11 is 0. The monoisotopic (exact) mass is 1040 g/mol. The molecule has 0 spiro atoms. The van der Waals surface area contributed by atoms with Crippen molar-refractivity contribution in [2.45, 2.75) is 136 Å². The molecule has 0 amide bonds. The van der Waals surface area contributed by atoms with Crippen molar-refractivity contribution < 1.29 is 0 Å². The van der Waals surface area contributed by atoms with Crippen LogP contribution in [0.1, 0.15) is 128 Å². The van der Waals surface area contributed by atoms with Gasteiger partial charge in [-0.3, -0.25) is 0 Å². The van der Waals surface area contributed by atoms with E-state index in [0.29, 0.717) is 0 Å². The van der Waals surface area contributed by atoms with E-state index in [1.807, 2.05) is 0 Å². The van der Waals surface area contributed by atoms with E-state index < -0.39 is 0 Å². The molecule has 9 aromatic carbocycles. The SMILES string of the molecule is Cc1cc2c3c(c1)N(c1ccc(C(C)(C)C)cc1-c1ccccc1)c1cc4c(cc1B3c1cc(N3c5ccc(-c6ccccc6)cc5C5(C)CCCCC35C)ccc1N2c1ccc(C(C)(C)C)cc1-c1ccccc1)CC(C)(C)C4. The lowest BCUT2D eigenvalue weighted by atomic mass is 9.33. The highest BCUT2D eigenvalue weighted by atomic mass is 15.3. The summed E-state index contributed by atoms with van der Waals surface area (Å²) in [6.45, 7) is 26.4. The van der Waals surface area contributed by atoms with Crippen LogP contribution in [0.5, 0.6) is 0 Å². The van der Waals surface area contributed by atoms with Gasteiger partial charge in [-0.1, -0.05) is 190 Å². The molecule has 0 saturated heterocycles. The van der Waals surface area contributed by atoms with Crippen LogP contribution in [0, 0.1) is 12.3 Å². The summed E-state index contributed by atoms with van der Waals surface area (Å²) in [5.41, 5.74) is 30.1. The second-order valence-electron chi connectivity index (χ2n) is 27.7. The molecule has 2 aliphatic carbocycles. The second-order valence-corrected chi connectivity index (χ2v) is 27.7. The molecular formula is C76H76BN3. The molecule has 2 unspecified atom stereocenters. The van der Waals surface area contributed by atoms with Crippen LogP contribution in [0.15, 0.2) is 188 Å². The summed E-state index contributed by atoms with van der Waals surface area (Å²) in [6.07, 6.45) is 6.90. The minimum Gasteiger partial charge on any atom is -0.334 e. The number of hydrogen-bond acceptors (Lipinski definition) is 3. The highest BCUT2D eigenvalue weighted by Gasteiger charge is 2.58. The molecule has 0 aromatic heterocycles. The Hall–Kier alpha value is -7.56. The standard InChI is InChI=1S/C76H76BN3/c1-49-39-69-71-70(40-49)79(65-35-31-57(73(5,6)7)45-60(65)52-27-19-14-20-28-52)68-43-55-48-74(8,9)47-54(55)42-62(68)77(71)63-46-58(32-36-67(63)78(69)64-34-30-56(72(2,3)4)44-59(64)51-25-17-13-18-26-51)80-66-33-29-53(50-23-15-12-16-24-50)41-61(66)75(10)37-21-22-38-76(75,80)11/h12-20,23-36,39-46H,21-22,37-38,47-48H2,1-11H3. The summed E-state index contributed by atoms with van der Waals surface area (Å²) in [6, 6.07) is 73.4. The summed E-state index contributed by atoms with van der Waals surface area (Å²) in [5, 5.41) is 0. The summed E-state index contributed by atoms with van der Waals surface area (Å²) in [5.74, 6) is 0. The number of anilines is 8. The van der Waals surface area contributed by atoms with Crippen molar-refractivity contribution in [2.75, 3.05) is 14.7 Å². The fourth-order valence-electron chi connectivity index (χ4n) is 15.4. The molecule has 1 saturated carbocycles. The predicted octanol–water partition coefficient (Wildman–Crippen LogP) is 18.5. The maximum Gasteiger partial charge on any atom is 0.252 e. The van der Waals surface area contributed by atoms with E-state index in [0.717, 1.165) is 19.3 Å². The molecular weight excluding hydrogens is 966 g/mol. The summed E-state index contributed by atoms with van der Waals surface area (Å²) < 4.78 is 0. The van der Waals surface area contributed by atoms with Crippen LogP contribution in [0.4, 0.5) is 45.5 Å². The number of nitrogens with zero attached hydrogens (tertiary/aromatic N) is 3. The van der Waals surface area contributed by atoms with Gasteiger partial charge in [0.15, 0.2) is 0 Å². The van der Waals surface area contributed by atoms with Crippen molar-refractivity contribution >= 4 is 68.6 Å². The van der Waals surface area contributed by atoms with Crippen LogP contribution in [0.2, 0.25) is 0 Å². The number of benzene rings is 9. The number of aryl methyl sites for hydroxylation is 1. The van der Waals surface area contributed by atoms with Gasteiger partial charge in [0.2, 0.25) is 0 Å². The van der Waals surface area contributed by atoms with Crippen molar-refractivity contribution in [3.8, 4) is 33.4 Å². The first-order valence-corrected chi connectivity index (χ1v) is 29.7. The quantitative estimate of drug-likeness (QED) is 0.154. The number of fused-ring (bicyclic) bond motifs is 8. The Kier molecular flexibility index (Phi) is 11.4. The third-order valence-electron chi connectivity index (χ3n) is 19.7. The molecule has 2 atom stereocenters. The van der Waals surface area contributed by atoms with E-state index in [1.54, 1.807) is 0 Å². The van der Waals surface area contributed by atoms with Gasteiger partial charge < -0.3 is 14.7 Å². The van der Waals surface area contributed by atoms with Crippen molar-refractivity contribution in [1.29, 1.82) is 0 Å². The Bertz CT molecular complexity index is 3950. The zero-order chi connectivity index (χ0) is 55.3. The molecule has 398 valence electrons. The zero-order valence-electron chi connectivity index (χ0n) is 49.1. The minimum atomic E-state index is -0.129. The predicted molar refractivity (Wildman–Crippen MR) is 343 cm³/mol. The average molecular weight is 1040 g/mol. The molecule has 1 fully saturated rings. The third kappa shape index (κ3) is 7.82. The van der Waals surface area contributed by atoms with Crippen molar-refractivity contribution in [2.24, 2.45) is 5.41 Å². The Morgan fingerprint density at radius 3 is 1.50 bits per heavy atom. The second kappa shape index (κ2) is 18.0. The molecule has 0 radical (unpaired) electrons. The summed E-state index contributed by atoms with van der Waals surface area (Å²) in [7, 11) is 0. The normalized spacial score (nSPS) is 19.5. The summed E-state index contributed by atoms with van der Waals surface area (Å²) in [4.78, 5) is 8.18. The first-order chi connectivity index (χ1) is 38.3. The molecule has 0 bridgehead atoms. The van der Waals surface area contributed by atoms with Gasteiger partial charge in [0.05, 0.1) is 16.9 Å². The molecule has 3 aliphatic heterocycles. The first kappa shape index (κ1) is 50.6. The highest BCUT2D eigenvalue weighted by molar-refractivity contribution is 7.00. The van der Waals surface area contributed by atoms with Crippen LogP contribution in [-0.2, 0) is 29.1 Å². The molecule has 5 aliphatic rings. The number of hydrogen-bond donors (Lipinski definition) is 0. The van der Waals surface area contributed by atoms with Crippen LogP contribution < -0.4 is 31.1 Å². The molecule has 3 nitrogen and oxygen atoms in total. The van der Waals surface area contributed by atoms with Crippen LogP contribution in [-0.4, -0.2) is 12.3 Å². The third-order valence-corrected chi connectivity index (χ3v) is 19.7. The van der Waals surface area contributed by atoms with Crippen molar-refractivity contribution in [3.63, 3.8) is 0 Å². The van der Waals surface area contributed by atoms with Gasteiger partial charge in [0.25, 0.3) is 6.71 Å². The van der Waals surface area contributed by atoms with Crippen molar-refractivity contribution in [1.82, 2.24) is 0 Å². The van der Waals surface area contributed by atoms with E-state index in [-0.39, 0.29) is 33.9 Å². The van der Waals surface area contributed by atoms with Gasteiger partial charge in [-0.05, 0) is 201 Å². The van der Waals surface area contributed by atoms with Crippen molar-refractivity contribution in [3.05, 3.63) is 221 Å². The smallest absolute Gasteiger partial charge is 0.252 e. The molecule has 4 heteroatoms. The van der Waals surface area contributed by atoms with Gasteiger partial charge >= 0.3 is 0 Å². The lowest BCUT2D eigenvalue weighted by Gasteiger charge is -2.50. The topological polar surface area (TPSA) is 9.72 Å². The lowest BCUT2D eigenvalue weighted by molar-refractivity contribution is 0.195. The number of rotatable bonds is 6. The van der Waals surface area contributed by atoms with E-state index in [9.17, 15) is 0 Å².